The summed E-state index contributed by atoms with van der Waals surface area (Å²) in [6.45, 7) is 0. The summed E-state index contributed by atoms with van der Waals surface area (Å²) in [6.07, 6.45) is 0. The number of hydrogen-bond donors (Lipinski definition) is 2. The molecule has 2 N–H and O–H groups in total. The molecule has 6 heteroatoms. The lowest BCUT2D eigenvalue weighted by atomic mass is 10.2. The molecule has 0 fully saturated rings. The molecular weight excluding hydrogens is 437 g/mol. The van der Waals surface area contributed by atoms with Crippen molar-refractivity contribution in [1.82, 2.24) is 0 Å². The van der Waals surface area contributed by atoms with E-state index < -0.39 is 0 Å². The molecule has 0 bridgehead atoms. The first-order chi connectivity index (χ1) is 9.51. The summed E-state index contributed by atoms with van der Waals surface area (Å²) < 4.78 is 6.74. The van der Waals surface area contributed by atoms with E-state index in [2.05, 4.69) is 43.8 Å². The largest absolute Gasteiger partial charge is 0.507 e. The molecule has 0 unspecified atom stereocenters. The first kappa shape index (κ1) is 15.1. The Hall–Kier alpha value is -1.28. The highest BCUT2D eigenvalue weighted by Gasteiger charge is 2.12. The van der Waals surface area contributed by atoms with Crippen LogP contribution in [0.25, 0.3) is 0 Å². The van der Waals surface area contributed by atoms with Crippen molar-refractivity contribution in [3.05, 3.63) is 50.0 Å². The van der Waals surface area contributed by atoms with Crippen LogP contribution in [-0.2, 0) is 0 Å². The van der Waals surface area contributed by atoms with Crippen LogP contribution in [0.2, 0.25) is 0 Å². The number of amides is 1. The number of hydrogen-bond acceptors (Lipinski definition) is 3. The van der Waals surface area contributed by atoms with E-state index in [0.29, 0.717) is 11.4 Å². The van der Waals surface area contributed by atoms with Gasteiger partial charge in [-0.25, -0.2) is 0 Å². The third kappa shape index (κ3) is 3.43. The van der Waals surface area contributed by atoms with Gasteiger partial charge in [0.15, 0.2) is 0 Å². The van der Waals surface area contributed by atoms with Gasteiger partial charge in [0.05, 0.1) is 17.1 Å². The maximum absolute atomic E-state index is 12.1. The monoisotopic (exact) mass is 447 g/mol. The van der Waals surface area contributed by atoms with Crippen molar-refractivity contribution in [2.75, 3.05) is 12.4 Å². The molecule has 0 aromatic heterocycles. The fraction of sp³-hybridized carbons (Fsp3) is 0.0714. The van der Waals surface area contributed by atoms with Crippen LogP contribution in [0.5, 0.6) is 11.5 Å². The molecule has 4 nitrogen and oxygen atoms in total. The van der Waals surface area contributed by atoms with Gasteiger partial charge in [-0.05, 0) is 74.9 Å². The third-order valence-electron chi connectivity index (χ3n) is 2.61. The molecule has 2 rings (SSSR count). The average Bonchev–Trinajstić information content (AvgIpc) is 2.41. The zero-order chi connectivity index (χ0) is 14.7. The van der Waals surface area contributed by atoms with Gasteiger partial charge in [-0.1, -0.05) is 0 Å². The summed E-state index contributed by atoms with van der Waals surface area (Å²) in [7, 11) is 1.57. The Morgan fingerprint density at radius 1 is 1.30 bits per heavy atom. The van der Waals surface area contributed by atoms with Crippen LogP contribution in [0.3, 0.4) is 0 Å². The predicted molar refractivity (Wildman–Crippen MR) is 89.5 cm³/mol. The molecule has 0 atom stereocenters. The molecule has 0 heterocycles. The molecule has 20 heavy (non-hydrogen) atoms. The van der Waals surface area contributed by atoms with E-state index in [1.54, 1.807) is 37.4 Å². The van der Waals surface area contributed by atoms with Crippen LogP contribution in [0.1, 0.15) is 10.4 Å². The van der Waals surface area contributed by atoms with Crippen LogP contribution < -0.4 is 10.1 Å². The van der Waals surface area contributed by atoms with Gasteiger partial charge in [0.1, 0.15) is 11.5 Å². The van der Waals surface area contributed by atoms with E-state index in [1.807, 2.05) is 0 Å². The zero-order valence-corrected chi connectivity index (χ0v) is 14.2. The van der Waals surface area contributed by atoms with Gasteiger partial charge < -0.3 is 15.2 Å². The number of halogens is 2. The molecule has 0 saturated carbocycles. The highest BCUT2D eigenvalue weighted by atomic mass is 127. The van der Waals surface area contributed by atoms with E-state index in [9.17, 15) is 9.90 Å². The Morgan fingerprint density at radius 2 is 2.05 bits per heavy atom. The van der Waals surface area contributed by atoms with Crippen LogP contribution >= 0.6 is 38.5 Å². The summed E-state index contributed by atoms with van der Waals surface area (Å²) in [5, 5.41) is 12.5. The summed E-state index contributed by atoms with van der Waals surface area (Å²) in [5.41, 5.74) is 0.852. The topological polar surface area (TPSA) is 58.6 Å². The quantitative estimate of drug-likeness (QED) is 0.698. The lowest BCUT2D eigenvalue weighted by Gasteiger charge is -2.09. The Labute approximate surface area is 138 Å². The molecule has 0 aliphatic heterocycles. The van der Waals surface area contributed by atoms with Crippen molar-refractivity contribution in [3.63, 3.8) is 0 Å². The van der Waals surface area contributed by atoms with Gasteiger partial charge in [-0.2, -0.15) is 0 Å². The number of phenols is 1. The predicted octanol–water partition coefficient (Wildman–Crippen LogP) is 4.02. The molecule has 0 radical (unpaired) electrons. The minimum Gasteiger partial charge on any atom is -0.507 e. The van der Waals surface area contributed by atoms with Gasteiger partial charge in [-0.15, -0.1) is 0 Å². The number of anilines is 1. The highest BCUT2D eigenvalue weighted by molar-refractivity contribution is 14.1. The number of ether oxygens (including phenoxy) is 1. The van der Waals surface area contributed by atoms with Crippen LogP contribution in [0, 0.1) is 3.57 Å². The Balaban J connectivity index is 2.23. The second kappa shape index (κ2) is 6.45. The summed E-state index contributed by atoms with van der Waals surface area (Å²) in [6, 6.07) is 10.1. The molecule has 1 amide bonds. The number of benzene rings is 2. The van der Waals surface area contributed by atoms with Crippen LogP contribution in [0.4, 0.5) is 5.69 Å². The Kier molecular flexibility index (Phi) is 4.87. The van der Waals surface area contributed by atoms with E-state index >= 15 is 0 Å². The minimum absolute atomic E-state index is 0.0458. The number of carbonyl (C=O) groups is 1. The normalized spacial score (nSPS) is 10.2. The average molecular weight is 448 g/mol. The molecule has 0 saturated heterocycles. The van der Waals surface area contributed by atoms with Crippen molar-refractivity contribution in [1.29, 1.82) is 0 Å². The maximum Gasteiger partial charge on any atom is 0.259 e. The Bertz CT molecular complexity index is 661. The molecule has 0 spiro atoms. The van der Waals surface area contributed by atoms with E-state index in [-0.39, 0.29) is 17.2 Å². The first-order valence-corrected chi connectivity index (χ1v) is 7.52. The highest BCUT2D eigenvalue weighted by Crippen LogP contribution is 2.28. The lowest BCUT2D eigenvalue weighted by Crippen LogP contribution is -2.12. The number of nitrogens with one attached hydrogen (secondary N) is 1. The fourth-order valence-electron chi connectivity index (χ4n) is 1.63. The van der Waals surface area contributed by atoms with Crippen molar-refractivity contribution in [3.8, 4) is 11.5 Å². The zero-order valence-electron chi connectivity index (χ0n) is 10.5. The van der Waals surface area contributed by atoms with Crippen LogP contribution in [0.15, 0.2) is 40.9 Å². The second-order valence-corrected chi connectivity index (χ2v) is 6.06. The molecule has 2 aromatic rings. The summed E-state index contributed by atoms with van der Waals surface area (Å²) in [4.78, 5) is 12.1. The Morgan fingerprint density at radius 3 is 2.70 bits per heavy atom. The van der Waals surface area contributed by atoms with Crippen molar-refractivity contribution in [2.24, 2.45) is 0 Å². The van der Waals surface area contributed by atoms with E-state index in [0.717, 1.165) is 8.04 Å². The molecule has 104 valence electrons. The number of carbonyl (C=O) groups excluding carboxylic acids is 1. The standard InChI is InChI=1S/C14H11BrINO3/c1-20-13-5-3-9(7-11(13)15)17-14(19)10-6-8(16)2-4-12(10)18/h2-7,18H,1H3,(H,17,19). The van der Waals surface area contributed by atoms with Crippen LogP contribution in [-0.4, -0.2) is 18.1 Å². The third-order valence-corrected chi connectivity index (χ3v) is 3.90. The fourth-order valence-corrected chi connectivity index (χ4v) is 2.66. The summed E-state index contributed by atoms with van der Waals surface area (Å²) >= 11 is 5.44. The number of phenolic OH excluding ortho intramolecular Hbond substituents is 1. The number of methoxy groups -OCH3 is 1. The molecular formula is C14H11BrINO3. The van der Waals surface area contributed by atoms with Gasteiger partial charge in [0.25, 0.3) is 5.91 Å². The molecule has 0 aliphatic rings. The van der Waals surface area contributed by atoms with Gasteiger partial charge in [-0.3, -0.25) is 4.79 Å². The number of aromatic hydroxyl groups is 1. The van der Waals surface area contributed by atoms with Crippen molar-refractivity contribution < 1.29 is 14.6 Å². The van der Waals surface area contributed by atoms with E-state index in [4.69, 9.17) is 4.74 Å². The van der Waals surface area contributed by atoms with Crippen molar-refractivity contribution >= 4 is 50.1 Å². The molecule has 2 aromatic carbocycles. The van der Waals surface area contributed by atoms with Gasteiger partial charge in [0, 0.05) is 9.26 Å². The maximum atomic E-state index is 12.1. The second-order valence-electron chi connectivity index (χ2n) is 3.96. The minimum atomic E-state index is -0.363. The van der Waals surface area contributed by atoms with E-state index in [1.165, 1.54) is 6.07 Å². The lowest BCUT2D eigenvalue weighted by molar-refractivity contribution is 0.102. The summed E-state index contributed by atoms with van der Waals surface area (Å²) in [5.74, 6) is 0.272. The molecule has 0 aliphatic carbocycles. The number of rotatable bonds is 3. The van der Waals surface area contributed by atoms with Gasteiger partial charge >= 0.3 is 0 Å². The first-order valence-electron chi connectivity index (χ1n) is 5.64. The SMILES string of the molecule is COc1ccc(NC(=O)c2cc(I)ccc2O)cc1Br. The van der Waals surface area contributed by atoms with Gasteiger partial charge in [0.2, 0.25) is 0 Å². The van der Waals surface area contributed by atoms with Crippen molar-refractivity contribution in [2.45, 2.75) is 0 Å². The smallest absolute Gasteiger partial charge is 0.259 e.